The SMILES string of the molecule is CC[C@H]1CC[C@@H](c2nc3c(ccc4cc5c(cc43)OCc3cc(-c4cnc([C@@H]6CC[C@H](C)N6C(=O)[C@@H](NC(=O)OC)C(C)C)[nH]4)ccc3-5)[nH]2)N1C(=O)[C@@H](NC(=O)OC)[C@H]1CCCOC1. The van der Waals surface area contributed by atoms with Crippen LogP contribution in [0, 0.1) is 11.8 Å². The number of carbonyl (C=O) groups excluding carboxylic acids is 4. The number of ether oxygens (including phenoxy) is 4. The van der Waals surface area contributed by atoms with Gasteiger partial charge in [-0.3, -0.25) is 9.59 Å². The smallest absolute Gasteiger partial charge is 0.407 e. The van der Waals surface area contributed by atoms with Crippen molar-refractivity contribution in [3.05, 3.63) is 65.9 Å². The fourth-order valence-electron chi connectivity index (χ4n) is 10.4. The van der Waals surface area contributed by atoms with E-state index in [1.165, 1.54) is 14.2 Å². The van der Waals surface area contributed by atoms with Crippen LogP contribution in [0.1, 0.15) is 102 Å². The van der Waals surface area contributed by atoms with E-state index in [1.807, 2.05) is 42.8 Å². The molecule has 7 atom stereocenters. The zero-order valence-corrected chi connectivity index (χ0v) is 37.4. The summed E-state index contributed by atoms with van der Waals surface area (Å²) in [5, 5.41) is 7.54. The van der Waals surface area contributed by atoms with Crippen molar-refractivity contribution in [1.29, 1.82) is 0 Å². The Hall–Kier alpha value is -6.16. The van der Waals surface area contributed by atoms with Crippen LogP contribution in [0.4, 0.5) is 9.59 Å². The van der Waals surface area contributed by atoms with Gasteiger partial charge < -0.3 is 49.3 Å². The first-order valence-electron chi connectivity index (χ1n) is 22.7. The summed E-state index contributed by atoms with van der Waals surface area (Å²) >= 11 is 0. The third-order valence-corrected chi connectivity index (χ3v) is 13.8. The van der Waals surface area contributed by atoms with Gasteiger partial charge in [-0.05, 0) is 104 Å². The Bertz CT molecular complexity index is 2580. The van der Waals surface area contributed by atoms with Crippen molar-refractivity contribution in [2.24, 2.45) is 11.8 Å². The number of amides is 4. The van der Waals surface area contributed by atoms with Crippen LogP contribution in [0.3, 0.4) is 0 Å². The van der Waals surface area contributed by atoms with E-state index in [4.69, 9.17) is 28.9 Å². The highest BCUT2D eigenvalue weighted by Gasteiger charge is 2.45. The molecule has 0 bridgehead atoms. The summed E-state index contributed by atoms with van der Waals surface area (Å²) in [5.74, 6) is 1.63. The van der Waals surface area contributed by atoms with E-state index >= 15 is 0 Å². The molecular weight excluding hydrogens is 817 g/mol. The van der Waals surface area contributed by atoms with Gasteiger partial charge >= 0.3 is 12.2 Å². The van der Waals surface area contributed by atoms with Crippen molar-refractivity contribution in [2.75, 3.05) is 27.4 Å². The van der Waals surface area contributed by atoms with E-state index in [-0.39, 0.29) is 47.8 Å². The van der Waals surface area contributed by atoms with Crippen LogP contribution in [0.25, 0.3) is 44.2 Å². The van der Waals surface area contributed by atoms with Crippen molar-refractivity contribution in [1.82, 2.24) is 40.4 Å². The predicted molar refractivity (Wildman–Crippen MR) is 239 cm³/mol. The van der Waals surface area contributed by atoms with Crippen LogP contribution in [-0.4, -0.2) is 105 Å². The summed E-state index contributed by atoms with van der Waals surface area (Å²) in [6, 6.07) is 12.7. The molecule has 0 unspecified atom stereocenters. The number of carbonyl (C=O) groups is 4. The maximum atomic E-state index is 14.5. The lowest BCUT2D eigenvalue weighted by Crippen LogP contribution is -2.55. The molecule has 3 saturated heterocycles. The molecule has 4 amide bonds. The Kier molecular flexibility index (Phi) is 12.0. The first kappa shape index (κ1) is 43.1. The third-order valence-electron chi connectivity index (χ3n) is 13.8. The van der Waals surface area contributed by atoms with Crippen molar-refractivity contribution >= 4 is 45.8 Å². The van der Waals surface area contributed by atoms with Gasteiger partial charge in [-0.15, -0.1) is 0 Å². The number of nitrogens with zero attached hydrogens (tertiary/aromatic N) is 4. The molecule has 0 saturated carbocycles. The van der Waals surface area contributed by atoms with Gasteiger partial charge in [0.1, 0.15) is 36.1 Å². The normalized spacial score (nSPS) is 22.8. The number of benzene rings is 3. The molecule has 2 aromatic heterocycles. The number of likely N-dealkylation sites (tertiary alicyclic amines) is 2. The highest BCUT2D eigenvalue weighted by atomic mass is 16.5. The molecule has 4 aliphatic heterocycles. The van der Waals surface area contributed by atoms with Crippen LogP contribution in [0.2, 0.25) is 0 Å². The number of nitrogens with one attached hydrogen (secondary N) is 4. The number of aromatic amines is 2. The van der Waals surface area contributed by atoms with Crippen molar-refractivity contribution in [3.8, 4) is 28.1 Å². The van der Waals surface area contributed by atoms with Crippen molar-refractivity contribution < 1.29 is 38.1 Å². The number of methoxy groups -OCH3 is 2. The number of hydrogen-bond acceptors (Lipinski definition) is 10. The molecule has 16 nitrogen and oxygen atoms in total. The molecule has 0 radical (unpaired) electrons. The molecule has 16 heteroatoms. The summed E-state index contributed by atoms with van der Waals surface area (Å²) in [6.45, 7) is 9.36. The lowest BCUT2D eigenvalue weighted by atomic mass is 9.92. The maximum Gasteiger partial charge on any atom is 0.407 e. The minimum atomic E-state index is -0.766. The average molecular weight is 875 g/mol. The Morgan fingerprint density at radius 2 is 1.66 bits per heavy atom. The largest absolute Gasteiger partial charge is 0.488 e. The number of fused-ring (bicyclic) bond motifs is 6. The second-order valence-electron chi connectivity index (χ2n) is 18.0. The van der Waals surface area contributed by atoms with Gasteiger partial charge in [-0.1, -0.05) is 39.0 Å². The van der Waals surface area contributed by atoms with E-state index in [9.17, 15) is 19.2 Å². The number of hydrogen-bond donors (Lipinski definition) is 4. The molecule has 5 aromatic rings. The second kappa shape index (κ2) is 17.8. The zero-order chi connectivity index (χ0) is 44.8. The topological polar surface area (TPSA) is 193 Å². The Morgan fingerprint density at radius 1 is 0.875 bits per heavy atom. The molecular formula is C48H58N8O8. The molecule has 64 heavy (non-hydrogen) atoms. The summed E-state index contributed by atoms with van der Waals surface area (Å²) in [4.78, 5) is 73.9. The first-order valence-corrected chi connectivity index (χ1v) is 22.7. The van der Waals surface area contributed by atoms with Gasteiger partial charge in [0.25, 0.3) is 0 Å². The Balaban J connectivity index is 0.971. The molecule has 9 rings (SSSR count). The van der Waals surface area contributed by atoms with Gasteiger partial charge in [0.15, 0.2) is 0 Å². The monoisotopic (exact) mass is 874 g/mol. The van der Waals surface area contributed by atoms with Crippen molar-refractivity contribution in [2.45, 2.75) is 115 Å². The lowest BCUT2D eigenvalue weighted by molar-refractivity contribution is -0.139. The summed E-state index contributed by atoms with van der Waals surface area (Å²) in [7, 11) is 2.60. The molecule has 3 fully saturated rings. The van der Waals surface area contributed by atoms with Crippen LogP contribution in [0.5, 0.6) is 5.75 Å². The highest BCUT2D eigenvalue weighted by Crippen LogP contribution is 2.44. The fraction of sp³-hybridized carbons (Fsp3) is 0.500. The Labute approximate surface area is 372 Å². The van der Waals surface area contributed by atoms with Gasteiger partial charge in [-0.2, -0.15) is 0 Å². The number of alkyl carbamates (subject to hydrolysis) is 2. The number of imidazole rings is 2. The van der Waals surface area contributed by atoms with Crippen LogP contribution in [-0.2, 0) is 30.4 Å². The maximum absolute atomic E-state index is 14.5. The molecule has 4 aliphatic rings. The minimum absolute atomic E-state index is 0.00299. The summed E-state index contributed by atoms with van der Waals surface area (Å²) in [5.41, 5.74) is 6.59. The van der Waals surface area contributed by atoms with Crippen LogP contribution in [0.15, 0.2) is 48.7 Å². The summed E-state index contributed by atoms with van der Waals surface area (Å²) < 4.78 is 22.0. The average Bonchev–Trinajstić information content (AvgIpc) is 4.14. The van der Waals surface area contributed by atoms with Crippen LogP contribution < -0.4 is 15.4 Å². The lowest BCUT2D eigenvalue weighted by Gasteiger charge is -2.36. The van der Waals surface area contributed by atoms with E-state index in [2.05, 4.69) is 63.9 Å². The van der Waals surface area contributed by atoms with E-state index in [1.54, 1.807) is 0 Å². The van der Waals surface area contributed by atoms with Crippen molar-refractivity contribution in [3.63, 3.8) is 0 Å². The van der Waals surface area contributed by atoms with Gasteiger partial charge in [-0.25, -0.2) is 19.6 Å². The number of H-pyrrole nitrogens is 2. The second-order valence-corrected chi connectivity index (χ2v) is 18.0. The standard InChI is InChI=1S/C48H58N8O8/c1-7-31-13-17-38(56(31)46(58)41(54-48(60)62-6)29-9-8-18-63-23-29)44-50-35-15-12-27-20-34-32-14-11-28(19-30(32)24-64-39(34)21-33(27)42(35)52-44)36-22-49-43(51-36)37-16-10-26(4)55(37)45(57)40(25(2)3)53-47(59)61-5/h11-12,14-15,19-22,25-26,29,31,37-38,40-41H,7-10,13,16-18,23-24H2,1-6H3,(H,49,51)(H,50,52)(H,53,59)(H,54,60)/t26-,29-,31-,37-,38-,40-,41-/m0/s1. The molecule has 338 valence electrons. The highest BCUT2D eigenvalue weighted by molar-refractivity contribution is 6.07. The molecule has 3 aromatic carbocycles. The molecule has 6 heterocycles. The van der Waals surface area contributed by atoms with Gasteiger partial charge in [0.2, 0.25) is 11.8 Å². The summed E-state index contributed by atoms with van der Waals surface area (Å²) in [6.07, 6.45) is 6.09. The van der Waals surface area contributed by atoms with E-state index in [0.717, 1.165) is 106 Å². The quantitative estimate of drug-likeness (QED) is 0.108. The molecule has 0 spiro atoms. The van der Waals surface area contributed by atoms with Gasteiger partial charge in [0.05, 0.1) is 55.8 Å². The molecule has 0 aliphatic carbocycles. The Morgan fingerprint density at radius 3 is 2.41 bits per heavy atom. The zero-order valence-electron chi connectivity index (χ0n) is 37.4. The van der Waals surface area contributed by atoms with E-state index < -0.39 is 24.3 Å². The predicted octanol–water partition coefficient (Wildman–Crippen LogP) is 7.69. The minimum Gasteiger partial charge on any atom is -0.488 e. The van der Waals surface area contributed by atoms with Crippen LogP contribution >= 0.6 is 0 Å². The fourth-order valence-corrected chi connectivity index (χ4v) is 10.4. The van der Waals surface area contributed by atoms with Gasteiger partial charge in [0, 0.05) is 35.6 Å². The number of rotatable bonds is 10. The third kappa shape index (κ3) is 7.90. The first-order chi connectivity index (χ1) is 31.0. The number of aromatic nitrogens is 4. The molecule has 4 N–H and O–H groups in total. The van der Waals surface area contributed by atoms with E-state index in [0.29, 0.717) is 25.6 Å².